The number of anilines is 1. The monoisotopic (exact) mass is 323 g/mol. The third-order valence-electron chi connectivity index (χ3n) is 2.79. The van der Waals surface area contributed by atoms with Crippen molar-refractivity contribution in [2.24, 2.45) is 0 Å². The molecule has 0 atom stereocenters. The highest BCUT2D eigenvalue weighted by atomic mass is 32.1. The van der Waals surface area contributed by atoms with E-state index in [2.05, 4.69) is 16.0 Å². The molecule has 0 radical (unpaired) electrons. The Balaban J connectivity index is 2.46. The maximum atomic E-state index is 11.9. The number of nitrogens with one attached hydrogen (secondary N) is 3. The number of carbonyl (C=O) groups excluding carboxylic acids is 2. The van der Waals surface area contributed by atoms with Crippen LogP contribution in [0.2, 0.25) is 0 Å². The number of methoxy groups -OCH3 is 1. The van der Waals surface area contributed by atoms with Crippen molar-refractivity contribution in [2.45, 2.75) is 19.8 Å². The quantitative estimate of drug-likeness (QED) is 0.525. The normalized spacial score (nSPS) is 9.91. The molecule has 2 amide bonds. The highest BCUT2D eigenvalue weighted by molar-refractivity contribution is 7.80. The fourth-order valence-corrected chi connectivity index (χ4v) is 1.83. The summed E-state index contributed by atoms with van der Waals surface area (Å²) in [6.07, 6.45) is 1.14. The van der Waals surface area contributed by atoms with E-state index in [1.165, 1.54) is 0 Å². The lowest BCUT2D eigenvalue weighted by molar-refractivity contribution is -0.119. The maximum absolute atomic E-state index is 11.9. The van der Waals surface area contributed by atoms with Crippen LogP contribution in [0.25, 0.3) is 0 Å². The van der Waals surface area contributed by atoms with Gasteiger partial charge < -0.3 is 20.7 Å². The van der Waals surface area contributed by atoms with Crippen molar-refractivity contribution in [3.8, 4) is 0 Å². The Morgan fingerprint density at radius 3 is 2.50 bits per heavy atom. The Kier molecular flexibility index (Phi) is 8.09. The Hall–Kier alpha value is -1.99. The molecule has 1 aromatic rings. The minimum Gasteiger partial charge on any atom is -0.385 e. The molecule has 0 unspecified atom stereocenters. The number of amides is 2. The molecule has 0 aliphatic rings. The van der Waals surface area contributed by atoms with Crippen LogP contribution >= 0.6 is 12.2 Å². The molecule has 0 aromatic heterocycles. The molecule has 0 aliphatic heterocycles. The van der Waals surface area contributed by atoms with Crippen LogP contribution in [0.3, 0.4) is 0 Å². The third kappa shape index (κ3) is 6.64. The molecule has 0 fully saturated rings. The van der Waals surface area contributed by atoms with Crippen molar-refractivity contribution in [1.29, 1.82) is 0 Å². The van der Waals surface area contributed by atoms with Crippen molar-refractivity contribution < 1.29 is 14.3 Å². The summed E-state index contributed by atoms with van der Waals surface area (Å²) in [7, 11) is 1.63. The summed E-state index contributed by atoms with van der Waals surface area (Å²) in [5.41, 5.74) is 1.27. The van der Waals surface area contributed by atoms with E-state index < -0.39 is 0 Å². The fraction of sp³-hybridized carbons (Fsp3) is 0.400. The van der Waals surface area contributed by atoms with E-state index >= 15 is 0 Å². The molecule has 7 heteroatoms. The van der Waals surface area contributed by atoms with Gasteiger partial charge in [0.25, 0.3) is 5.91 Å². The summed E-state index contributed by atoms with van der Waals surface area (Å²) in [6, 6.07) is 6.85. The highest BCUT2D eigenvalue weighted by Gasteiger charge is 2.06. The molecule has 1 aromatic carbocycles. The lowest BCUT2D eigenvalue weighted by atomic mass is 10.2. The fourth-order valence-electron chi connectivity index (χ4n) is 1.60. The predicted octanol–water partition coefficient (Wildman–Crippen LogP) is 1.68. The van der Waals surface area contributed by atoms with Gasteiger partial charge in [0.1, 0.15) is 0 Å². The van der Waals surface area contributed by atoms with E-state index in [1.54, 1.807) is 38.3 Å². The van der Waals surface area contributed by atoms with Crippen LogP contribution < -0.4 is 16.0 Å². The van der Waals surface area contributed by atoms with Crippen LogP contribution in [0.5, 0.6) is 0 Å². The van der Waals surface area contributed by atoms with Gasteiger partial charge in [0.05, 0.1) is 0 Å². The first-order chi connectivity index (χ1) is 10.6. The summed E-state index contributed by atoms with van der Waals surface area (Å²) in [6.45, 7) is 2.93. The van der Waals surface area contributed by atoms with E-state index in [-0.39, 0.29) is 16.9 Å². The van der Waals surface area contributed by atoms with Crippen LogP contribution in [0.1, 0.15) is 30.1 Å². The molecular weight excluding hydrogens is 302 g/mol. The van der Waals surface area contributed by atoms with Gasteiger partial charge in [-0.1, -0.05) is 6.92 Å². The van der Waals surface area contributed by atoms with Crippen molar-refractivity contribution in [2.75, 3.05) is 25.6 Å². The second-order valence-electron chi connectivity index (χ2n) is 4.54. The van der Waals surface area contributed by atoms with Crippen LogP contribution in [-0.4, -0.2) is 37.2 Å². The number of hydrogen-bond acceptors (Lipinski definition) is 4. The Bertz CT molecular complexity index is 517. The smallest absolute Gasteiger partial charge is 0.251 e. The standard InChI is InChI=1S/C15H21N3O3S/c1-3-13(19)18-15(22)17-12-7-5-11(6-8-12)14(20)16-9-4-10-21-2/h5-8H,3-4,9-10H2,1-2H3,(H,16,20)(H2,17,18,19,22). The molecule has 22 heavy (non-hydrogen) atoms. The first-order valence-electron chi connectivity index (χ1n) is 7.04. The molecule has 0 bridgehead atoms. The number of carbonyl (C=O) groups is 2. The van der Waals surface area contributed by atoms with Crippen molar-refractivity contribution in [1.82, 2.24) is 10.6 Å². The zero-order valence-corrected chi connectivity index (χ0v) is 13.6. The second kappa shape index (κ2) is 9.86. The van der Waals surface area contributed by atoms with E-state index in [0.29, 0.717) is 30.8 Å². The van der Waals surface area contributed by atoms with Gasteiger partial charge >= 0.3 is 0 Å². The molecule has 0 spiro atoms. The summed E-state index contributed by atoms with van der Waals surface area (Å²) < 4.78 is 4.92. The number of ether oxygens (including phenoxy) is 1. The van der Waals surface area contributed by atoms with Gasteiger partial charge in [-0.15, -0.1) is 0 Å². The van der Waals surface area contributed by atoms with Gasteiger partial charge in [-0.3, -0.25) is 9.59 Å². The van der Waals surface area contributed by atoms with E-state index in [0.717, 1.165) is 6.42 Å². The average molecular weight is 323 g/mol. The maximum Gasteiger partial charge on any atom is 0.251 e. The first kappa shape index (κ1) is 18.1. The van der Waals surface area contributed by atoms with Gasteiger partial charge in [-0.05, 0) is 42.9 Å². The Labute approximate surface area is 135 Å². The van der Waals surface area contributed by atoms with Crippen LogP contribution in [0.4, 0.5) is 5.69 Å². The topological polar surface area (TPSA) is 79.5 Å². The molecular formula is C15H21N3O3S. The van der Waals surface area contributed by atoms with Gasteiger partial charge in [0.2, 0.25) is 5.91 Å². The van der Waals surface area contributed by atoms with E-state index in [1.807, 2.05) is 0 Å². The molecule has 0 saturated heterocycles. The van der Waals surface area contributed by atoms with Crippen molar-refractivity contribution >= 4 is 34.8 Å². The third-order valence-corrected chi connectivity index (χ3v) is 2.99. The zero-order valence-electron chi connectivity index (χ0n) is 12.8. The summed E-state index contributed by atoms with van der Waals surface area (Å²) in [5.74, 6) is -0.283. The summed E-state index contributed by atoms with van der Waals surface area (Å²) >= 11 is 5.01. The van der Waals surface area contributed by atoms with Gasteiger partial charge in [-0.2, -0.15) is 0 Å². The Morgan fingerprint density at radius 2 is 1.91 bits per heavy atom. The average Bonchev–Trinajstić information content (AvgIpc) is 2.51. The number of benzene rings is 1. The molecule has 3 N–H and O–H groups in total. The van der Waals surface area contributed by atoms with Crippen molar-refractivity contribution in [3.05, 3.63) is 29.8 Å². The molecule has 120 valence electrons. The van der Waals surface area contributed by atoms with Crippen molar-refractivity contribution in [3.63, 3.8) is 0 Å². The van der Waals surface area contributed by atoms with E-state index in [4.69, 9.17) is 17.0 Å². The highest BCUT2D eigenvalue weighted by Crippen LogP contribution is 2.09. The molecule has 1 rings (SSSR count). The number of thiocarbonyl (C=S) groups is 1. The summed E-state index contributed by atoms with van der Waals surface area (Å²) in [5, 5.41) is 8.48. The molecule has 0 aliphatic carbocycles. The van der Waals surface area contributed by atoms with E-state index in [9.17, 15) is 9.59 Å². The predicted molar refractivity (Wildman–Crippen MR) is 89.9 cm³/mol. The minimum absolute atomic E-state index is 0.135. The number of hydrogen-bond donors (Lipinski definition) is 3. The minimum atomic E-state index is -0.149. The van der Waals surface area contributed by atoms with Gasteiger partial charge in [0.15, 0.2) is 5.11 Å². The van der Waals surface area contributed by atoms with Gasteiger partial charge in [-0.25, -0.2) is 0 Å². The first-order valence-corrected chi connectivity index (χ1v) is 7.45. The van der Waals surface area contributed by atoms with Crippen LogP contribution in [0, 0.1) is 0 Å². The molecule has 0 heterocycles. The second-order valence-corrected chi connectivity index (χ2v) is 4.94. The largest absolute Gasteiger partial charge is 0.385 e. The molecule has 0 saturated carbocycles. The SMILES string of the molecule is CCC(=O)NC(=S)Nc1ccc(C(=O)NCCCOC)cc1. The van der Waals surface area contributed by atoms with Crippen LogP contribution in [0.15, 0.2) is 24.3 Å². The molecule has 6 nitrogen and oxygen atoms in total. The van der Waals surface area contributed by atoms with Crippen LogP contribution in [-0.2, 0) is 9.53 Å². The Morgan fingerprint density at radius 1 is 1.23 bits per heavy atom. The van der Waals surface area contributed by atoms with Gasteiger partial charge in [0, 0.05) is 37.9 Å². The zero-order chi connectivity index (χ0) is 16.4. The summed E-state index contributed by atoms with van der Waals surface area (Å²) in [4.78, 5) is 23.1. The lowest BCUT2D eigenvalue weighted by Gasteiger charge is -2.09. The number of rotatable bonds is 7. The lowest BCUT2D eigenvalue weighted by Crippen LogP contribution is -2.33.